The number of thiophene rings is 2. The Balaban J connectivity index is 1.70. The molecule has 2 nitrogen and oxygen atoms in total. The van der Waals surface area contributed by atoms with Crippen LogP contribution in [0.3, 0.4) is 0 Å². The van der Waals surface area contributed by atoms with Crippen LogP contribution in [-0.2, 0) is 5.41 Å². The first-order chi connectivity index (χ1) is 15.3. The summed E-state index contributed by atoms with van der Waals surface area (Å²) in [6.07, 6.45) is 1.73. The Labute approximate surface area is 195 Å². The Morgan fingerprint density at radius 3 is 2.31 bits per heavy atom. The molecule has 32 heavy (non-hydrogen) atoms. The summed E-state index contributed by atoms with van der Waals surface area (Å²) in [6, 6.07) is 17.8. The minimum atomic E-state index is 0.0418. The van der Waals surface area contributed by atoms with E-state index in [-0.39, 0.29) is 5.41 Å². The third-order valence-electron chi connectivity index (χ3n) is 6.51. The molecule has 0 N–H and O–H groups in total. The standard InChI is InChI=1S/C28H24N2S2/c1-15-16(2)31-25-19(15)10-11-21-24-27(32-26(21)25)23(29-14-30-24)18-12-17-8-6-7-9-20(17)22(13-18)28(3,4)5/h6-14H,1-5H3. The fraction of sp³-hybridized carbons (Fsp3) is 0.214. The van der Waals surface area contributed by atoms with Crippen LogP contribution in [0, 0.1) is 13.8 Å². The van der Waals surface area contributed by atoms with E-state index in [2.05, 4.69) is 83.1 Å². The van der Waals surface area contributed by atoms with E-state index in [9.17, 15) is 0 Å². The van der Waals surface area contributed by atoms with Gasteiger partial charge in [-0.25, -0.2) is 9.97 Å². The Bertz CT molecular complexity index is 1680. The first-order valence-electron chi connectivity index (χ1n) is 10.9. The fourth-order valence-electron chi connectivity index (χ4n) is 4.70. The SMILES string of the molecule is Cc1sc2c(ccc3c4ncnc(-c5cc(C(C)(C)C)c6ccccc6c5)c4sc32)c1C. The highest BCUT2D eigenvalue weighted by molar-refractivity contribution is 7.31. The maximum Gasteiger partial charge on any atom is 0.116 e. The molecule has 0 amide bonds. The summed E-state index contributed by atoms with van der Waals surface area (Å²) < 4.78 is 3.88. The van der Waals surface area contributed by atoms with Gasteiger partial charge in [-0.15, -0.1) is 22.7 Å². The molecule has 3 aromatic carbocycles. The van der Waals surface area contributed by atoms with Gasteiger partial charge in [0.05, 0.1) is 25.3 Å². The zero-order valence-electron chi connectivity index (χ0n) is 18.9. The third kappa shape index (κ3) is 2.83. The van der Waals surface area contributed by atoms with Crippen LogP contribution < -0.4 is 0 Å². The van der Waals surface area contributed by atoms with Gasteiger partial charge < -0.3 is 0 Å². The first-order valence-corrected chi connectivity index (χ1v) is 12.6. The van der Waals surface area contributed by atoms with Crippen LogP contribution in [0.5, 0.6) is 0 Å². The molecule has 0 aliphatic rings. The Morgan fingerprint density at radius 2 is 1.50 bits per heavy atom. The van der Waals surface area contributed by atoms with Gasteiger partial charge in [-0.1, -0.05) is 57.2 Å². The molecule has 0 aliphatic carbocycles. The Hall–Kier alpha value is -2.82. The van der Waals surface area contributed by atoms with Crippen molar-refractivity contribution in [3.63, 3.8) is 0 Å². The number of aryl methyl sites for hydroxylation is 2. The monoisotopic (exact) mass is 452 g/mol. The summed E-state index contributed by atoms with van der Waals surface area (Å²) in [7, 11) is 0. The van der Waals surface area contributed by atoms with Gasteiger partial charge in [0.2, 0.25) is 0 Å². The first kappa shape index (κ1) is 19.8. The van der Waals surface area contributed by atoms with Gasteiger partial charge in [-0.2, -0.15) is 0 Å². The molecule has 4 heteroatoms. The zero-order chi connectivity index (χ0) is 22.2. The van der Waals surface area contributed by atoms with Crippen molar-refractivity contribution in [3.8, 4) is 11.3 Å². The number of hydrogen-bond acceptors (Lipinski definition) is 4. The molecule has 3 aromatic heterocycles. The molecule has 0 radical (unpaired) electrons. The average molecular weight is 453 g/mol. The van der Waals surface area contributed by atoms with Gasteiger partial charge in [-0.3, -0.25) is 0 Å². The van der Waals surface area contributed by atoms with Crippen molar-refractivity contribution in [1.82, 2.24) is 9.97 Å². The number of fused-ring (bicyclic) bond motifs is 6. The van der Waals surface area contributed by atoms with E-state index in [1.807, 2.05) is 22.7 Å². The molecule has 0 fully saturated rings. The lowest BCUT2D eigenvalue weighted by molar-refractivity contribution is 0.596. The number of hydrogen-bond donors (Lipinski definition) is 0. The minimum Gasteiger partial charge on any atom is -0.235 e. The van der Waals surface area contributed by atoms with Crippen molar-refractivity contribution in [1.29, 1.82) is 0 Å². The largest absolute Gasteiger partial charge is 0.235 e. The van der Waals surface area contributed by atoms with E-state index in [0.29, 0.717) is 0 Å². The highest BCUT2D eigenvalue weighted by atomic mass is 32.1. The van der Waals surface area contributed by atoms with Crippen molar-refractivity contribution >= 4 is 63.8 Å². The Morgan fingerprint density at radius 1 is 0.750 bits per heavy atom. The van der Waals surface area contributed by atoms with E-state index in [1.54, 1.807) is 6.33 Å². The maximum atomic E-state index is 4.81. The van der Waals surface area contributed by atoms with Gasteiger partial charge in [0.25, 0.3) is 0 Å². The van der Waals surface area contributed by atoms with Crippen molar-refractivity contribution in [2.45, 2.75) is 40.0 Å². The number of nitrogens with zero attached hydrogens (tertiary/aromatic N) is 2. The summed E-state index contributed by atoms with van der Waals surface area (Å²) in [6.45, 7) is 11.3. The van der Waals surface area contributed by atoms with Gasteiger partial charge >= 0.3 is 0 Å². The Kier molecular flexibility index (Phi) is 4.24. The van der Waals surface area contributed by atoms with Crippen molar-refractivity contribution < 1.29 is 0 Å². The van der Waals surface area contributed by atoms with E-state index < -0.39 is 0 Å². The minimum absolute atomic E-state index is 0.0418. The topological polar surface area (TPSA) is 25.8 Å². The summed E-state index contributed by atoms with van der Waals surface area (Å²) in [4.78, 5) is 10.9. The molecule has 0 atom stereocenters. The number of rotatable bonds is 1. The van der Waals surface area contributed by atoms with Gasteiger partial charge in [0.1, 0.15) is 6.33 Å². The molecule has 0 saturated heterocycles. The predicted octanol–water partition coefficient (Wildman–Crippen LogP) is 8.79. The quantitative estimate of drug-likeness (QED) is 0.249. The molecule has 0 unspecified atom stereocenters. The second-order valence-electron chi connectivity index (χ2n) is 9.60. The van der Waals surface area contributed by atoms with E-state index in [1.165, 1.54) is 57.2 Å². The van der Waals surface area contributed by atoms with E-state index in [0.717, 1.165) is 11.2 Å². The van der Waals surface area contributed by atoms with Crippen LogP contribution in [-0.4, -0.2) is 9.97 Å². The van der Waals surface area contributed by atoms with Crippen molar-refractivity contribution in [2.24, 2.45) is 0 Å². The van der Waals surface area contributed by atoms with E-state index in [4.69, 9.17) is 9.97 Å². The normalized spacial score (nSPS) is 12.5. The molecular formula is C28H24N2S2. The second kappa shape index (κ2) is 6.84. The van der Waals surface area contributed by atoms with Gasteiger partial charge in [0, 0.05) is 15.8 Å². The summed E-state index contributed by atoms with van der Waals surface area (Å²) in [5, 5.41) is 5.17. The molecule has 0 bridgehead atoms. The molecule has 6 rings (SSSR count). The van der Waals surface area contributed by atoms with Crippen molar-refractivity contribution in [3.05, 3.63) is 70.9 Å². The summed E-state index contributed by atoms with van der Waals surface area (Å²) in [5.74, 6) is 0. The summed E-state index contributed by atoms with van der Waals surface area (Å²) in [5.41, 5.74) is 6.05. The molecular weight excluding hydrogens is 428 g/mol. The zero-order valence-corrected chi connectivity index (χ0v) is 20.5. The van der Waals surface area contributed by atoms with Gasteiger partial charge in [-0.05, 0) is 58.7 Å². The summed E-state index contributed by atoms with van der Waals surface area (Å²) >= 11 is 3.73. The average Bonchev–Trinajstić information content (AvgIpc) is 3.29. The highest BCUT2D eigenvalue weighted by Gasteiger charge is 2.21. The van der Waals surface area contributed by atoms with Crippen LogP contribution in [0.1, 0.15) is 36.8 Å². The molecule has 3 heterocycles. The molecule has 0 saturated carbocycles. The van der Waals surface area contributed by atoms with Crippen LogP contribution in [0.25, 0.3) is 52.4 Å². The molecule has 158 valence electrons. The third-order valence-corrected chi connectivity index (χ3v) is 9.09. The van der Waals surface area contributed by atoms with E-state index >= 15 is 0 Å². The van der Waals surface area contributed by atoms with Crippen LogP contribution in [0.4, 0.5) is 0 Å². The van der Waals surface area contributed by atoms with Crippen molar-refractivity contribution in [2.75, 3.05) is 0 Å². The molecule has 6 aromatic rings. The van der Waals surface area contributed by atoms with Crippen LogP contribution in [0.2, 0.25) is 0 Å². The molecule has 0 spiro atoms. The maximum absolute atomic E-state index is 4.81. The second-order valence-corrected chi connectivity index (χ2v) is 11.8. The smallest absolute Gasteiger partial charge is 0.116 e. The predicted molar refractivity (Wildman–Crippen MR) is 141 cm³/mol. The highest BCUT2D eigenvalue weighted by Crippen LogP contribution is 2.45. The van der Waals surface area contributed by atoms with Crippen LogP contribution in [0.15, 0.2) is 54.9 Å². The number of aromatic nitrogens is 2. The lowest BCUT2D eigenvalue weighted by Gasteiger charge is -2.22. The van der Waals surface area contributed by atoms with Gasteiger partial charge in [0.15, 0.2) is 0 Å². The van der Waals surface area contributed by atoms with Crippen LogP contribution >= 0.6 is 22.7 Å². The fourth-order valence-corrected chi connectivity index (χ4v) is 7.27. The lowest BCUT2D eigenvalue weighted by atomic mass is 9.82. The molecule has 0 aliphatic heterocycles. The number of benzene rings is 3. The lowest BCUT2D eigenvalue weighted by Crippen LogP contribution is -2.12.